The van der Waals surface area contributed by atoms with Crippen LogP contribution in [0.4, 0.5) is 0 Å². The van der Waals surface area contributed by atoms with Crippen molar-refractivity contribution < 1.29 is 14.6 Å². The maximum atomic E-state index is 11.5. The van der Waals surface area contributed by atoms with Crippen LogP contribution in [-0.2, 0) is 11.3 Å². The highest BCUT2D eigenvalue weighted by atomic mass is 16.5. The number of carboxylic acid groups (broad SMARTS) is 1. The Morgan fingerprint density at radius 2 is 1.95 bits per heavy atom. The number of carbonyl (C=O) groups is 1. The van der Waals surface area contributed by atoms with Gasteiger partial charge in [0.1, 0.15) is 12.4 Å². The lowest BCUT2D eigenvalue weighted by Gasteiger charge is -2.10. The molecule has 0 amide bonds. The summed E-state index contributed by atoms with van der Waals surface area (Å²) in [6.45, 7) is 0.749. The number of rotatable bonds is 6. The molecule has 0 unspecified atom stereocenters. The molecule has 1 N–H and O–H groups in total. The molecule has 5 heteroatoms. The Bertz CT molecular complexity index is 703. The van der Waals surface area contributed by atoms with E-state index in [2.05, 4.69) is 0 Å². The van der Waals surface area contributed by atoms with Crippen molar-refractivity contribution in [3.63, 3.8) is 0 Å². The first-order valence-corrected chi connectivity index (χ1v) is 6.45. The van der Waals surface area contributed by atoms with Gasteiger partial charge >= 0.3 is 5.97 Å². The van der Waals surface area contributed by atoms with Gasteiger partial charge < -0.3 is 14.4 Å². The van der Waals surface area contributed by atoms with Gasteiger partial charge in [-0.25, -0.2) is 4.79 Å². The number of ether oxygens (including phenoxy) is 1. The highest BCUT2D eigenvalue weighted by molar-refractivity contribution is 5.85. The predicted molar refractivity (Wildman–Crippen MR) is 79.3 cm³/mol. The van der Waals surface area contributed by atoms with E-state index in [0.29, 0.717) is 24.5 Å². The monoisotopic (exact) mass is 285 g/mol. The molecule has 0 bridgehead atoms. The van der Waals surface area contributed by atoms with Gasteiger partial charge in [-0.3, -0.25) is 4.79 Å². The molecule has 1 heterocycles. The minimum absolute atomic E-state index is 0.0832. The molecule has 108 valence electrons. The molecular formula is C16H15NO4. The molecule has 0 radical (unpaired) electrons. The standard InChI is InChI=1S/C16H15NO4/c18-15-7-3-4-10-17(15)11-12-21-14-6-2-1-5-13(14)8-9-16(19)20/h1-10H,11-12H2,(H,19,20)/b9-8+. The van der Waals surface area contributed by atoms with Crippen LogP contribution in [0.25, 0.3) is 6.08 Å². The van der Waals surface area contributed by atoms with E-state index in [4.69, 9.17) is 9.84 Å². The third-order valence-corrected chi connectivity index (χ3v) is 2.81. The number of aromatic nitrogens is 1. The summed E-state index contributed by atoms with van der Waals surface area (Å²) < 4.78 is 7.18. The first-order valence-electron chi connectivity index (χ1n) is 6.45. The van der Waals surface area contributed by atoms with E-state index in [1.165, 1.54) is 12.1 Å². The molecule has 1 aromatic heterocycles. The summed E-state index contributed by atoms with van der Waals surface area (Å²) in [5, 5.41) is 8.66. The summed E-state index contributed by atoms with van der Waals surface area (Å²) in [5.41, 5.74) is 0.598. The third-order valence-electron chi connectivity index (χ3n) is 2.81. The highest BCUT2D eigenvalue weighted by Crippen LogP contribution is 2.19. The number of carboxylic acids is 1. The Kier molecular flexibility index (Phi) is 4.93. The van der Waals surface area contributed by atoms with E-state index < -0.39 is 5.97 Å². The average Bonchev–Trinajstić information content (AvgIpc) is 2.48. The molecule has 1 aromatic carbocycles. The minimum Gasteiger partial charge on any atom is -0.491 e. The van der Waals surface area contributed by atoms with E-state index in [1.807, 2.05) is 6.07 Å². The Labute approximate surface area is 121 Å². The largest absolute Gasteiger partial charge is 0.491 e. The maximum Gasteiger partial charge on any atom is 0.328 e. The van der Waals surface area contributed by atoms with Gasteiger partial charge in [0.25, 0.3) is 5.56 Å². The van der Waals surface area contributed by atoms with Gasteiger partial charge in [0.05, 0.1) is 6.54 Å². The molecular weight excluding hydrogens is 270 g/mol. The molecule has 0 fully saturated rings. The van der Waals surface area contributed by atoms with Crippen LogP contribution in [0.3, 0.4) is 0 Å². The Hall–Kier alpha value is -2.82. The summed E-state index contributed by atoms with van der Waals surface area (Å²) in [6.07, 6.45) is 4.23. The quantitative estimate of drug-likeness (QED) is 0.824. The second-order valence-corrected chi connectivity index (χ2v) is 4.29. The fraction of sp³-hybridized carbons (Fsp3) is 0.125. The Morgan fingerprint density at radius 1 is 1.19 bits per heavy atom. The van der Waals surface area contributed by atoms with Gasteiger partial charge in [-0.2, -0.15) is 0 Å². The Morgan fingerprint density at radius 3 is 2.71 bits per heavy atom. The lowest BCUT2D eigenvalue weighted by atomic mass is 10.2. The smallest absolute Gasteiger partial charge is 0.328 e. The third kappa shape index (κ3) is 4.35. The molecule has 5 nitrogen and oxygen atoms in total. The van der Waals surface area contributed by atoms with Crippen LogP contribution in [0, 0.1) is 0 Å². The molecule has 0 saturated heterocycles. The molecule has 21 heavy (non-hydrogen) atoms. The van der Waals surface area contributed by atoms with Crippen LogP contribution in [0.1, 0.15) is 5.56 Å². The SMILES string of the molecule is O=C(O)/C=C/c1ccccc1OCCn1ccccc1=O. The summed E-state index contributed by atoms with van der Waals surface area (Å²) in [7, 11) is 0. The second-order valence-electron chi connectivity index (χ2n) is 4.29. The molecule has 0 aliphatic heterocycles. The zero-order valence-corrected chi connectivity index (χ0v) is 11.3. The van der Waals surface area contributed by atoms with Gasteiger partial charge in [-0.15, -0.1) is 0 Å². The molecule has 0 atom stereocenters. The summed E-state index contributed by atoms with van der Waals surface area (Å²) in [5.74, 6) is -0.431. The summed E-state index contributed by atoms with van der Waals surface area (Å²) >= 11 is 0. The summed E-state index contributed by atoms with van der Waals surface area (Å²) in [6, 6.07) is 12.1. The van der Waals surface area contributed by atoms with Gasteiger partial charge in [-0.05, 0) is 18.2 Å². The van der Waals surface area contributed by atoms with Crippen molar-refractivity contribution in [1.29, 1.82) is 0 Å². The van der Waals surface area contributed by atoms with Crippen molar-refractivity contribution in [2.24, 2.45) is 0 Å². The number of hydrogen-bond acceptors (Lipinski definition) is 3. The number of hydrogen-bond donors (Lipinski definition) is 1. The molecule has 0 spiro atoms. The molecule has 0 saturated carbocycles. The van der Waals surface area contributed by atoms with Crippen LogP contribution in [-0.4, -0.2) is 22.2 Å². The molecule has 0 aliphatic carbocycles. The van der Waals surface area contributed by atoms with Crippen molar-refractivity contribution in [3.05, 3.63) is 70.7 Å². The maximum absolute atomic E-state index is 11.5. The van der Waals surface area contributed by atoms with Crippen LogP contribution >= 0.6 is 0 Å². The van der Waals surface area contributed by atoms with Crippen LogP contribution in [0.2, 0.25) is 0 Å². The zero-order valence-electron chi connectivity index (χ0n) is 11.3. The molecule has 2 rings (SSSR count). The van der Waals surface area contributed by atoms with Gasteiger partial charge in [0.2, 0.25) is 0 Å². The first kappa shape index (κ1) is 14.6. The highest BCUT2D eigenvalue weighted by Gasteiger charge is 2.01. The van der Waals surface area contributed by atoms with Crippen LogP contribution in [0.15, 0.2) is 59.5 Å². The second kappa shape index (κ2) is 7.09. The van der Waals surface area contributed by atoms with Gasteiger partial charge in [-0.1, -0.05) is 24.3 Å². The lowest BCUT2D eigenvalue weighted by Crippen LogP contribution is -2.21. The van der Waals surface area contributed by atoms with Crippen LogP contribution in [0.5, 0.6) is 5.75 Å². The molecule has 0 aliphatic rings. The number of pyridine rings is 1. The number of para-hydroxylation sites is 1. The number of benzene rings is 1. The fourth-order valence-corrected chi connectivity index (χ4v) is 1.81. The van der Waals surface area contributed by atoms with E-state index in [0.717, 1.165) is 6.08 Å². The lowest BCUT2D eigenvalue weighted by molar-refractivity contribution is -0.131. The summed E-state index contributed by atoms with van der Waals surface area (Å²) in [4.78, 5) is 22.1. The van der Waals surface area contributed by atoms with Crippen molar-refractivity contribution in [2.75, 3.05) is 6.61 Å². The van der Waals surface area contributed by atoms with Crippen molar-refractivity contribution >= 4 is 12.0 Å². The fourth-order valence-electron chi connectivity index (χ4n) is 1.81. The van der Waals surface area contributed by atoms with E-state index in [9.17, 15) is 9.59 Å². The molecule has 2 aromatic rings. The van der Waals surface area contributed by atoms with Crippen molar-refractivity contribution in [3.8, 4) is 5.75 Å². The van der Waals surface area contributed by atoms with E-state index >= 15 is 0 Å². The number of aliphatic carboxylic acids is 1. The van der Waals surface area contributed by atoms with Crippen molar-refractivity contribution in [1.82, 2.24) is 4.57 Å². The normalized spacial score (nSPS) is 10.7. The van der Waals surface area contributed by atoms with E-state index in [-0.39, 0.29) is 5.56 Å². The topological polar surface area (TPSA) is 68.5 Å². The first-order chi connectivity index (χ1) is 10.2. The Balaban J connectivity index is 2.02. The zero-order chi connectivity index (χ0) is 15.1. The minimum atomic E-state index is -1.01. The van der Waals surface area contributed by atoms with Gasteiger partial charge in [0.15, 0.2) is 0 Å². The number of nitrogens with zero attached hydrogens (tertiary/aromatic N) is 1. The van der Waals surface area contributed by atoms with Gasteiger partial charge in [0, 0.05) is 23.9 Å². The van der Waals surface area contributed by atoms with Crippen LogP contribution < -0.4 is 10.3 Å². The average molecular weight is 285 g/mol. The van der Waals surface area contributed by atoms with E-state index in [1.54, 1.807) is 41.1 Å². The predicted octanol–water partition coefficient (Wildman–Crippen LogP) is 2.03. The van der Waals surface area contributed by atoms with Crippen molar-refractivity contribution in [2.45, 2.75) is 6.54 Å².